The van der Waals surface area contributed by atoms with Crippen LogP contribution in [0.1, 0.15) is 38.0 Å². The Labute approximate surface area is 84.6 Å². The van der Waals surface area contributed by atoms with E-state index in [1.54, 1.807) is 6.07 Å². The Morgan fingerprint density at radius 3 is 2.36 bits per heavy atom. The number of hydrogen-bond donors (Lipinski definition) is 1. The van der Waals surface area contributed by atoms with Crippen LogP contribution >= 0.6 is 0 Å². The summed E-state index contributed by atoms with van der Waals surface area (Å²) in [6.45, 7) is 5.43. The van der Waals surface area contributed by atoms with E-state index in [1.807, 2.05) is 18.2 Å². The topological polar surface area (TPSA) is 20.2 Å². The number of alkyl halides is 1. The first-order valence-corrected chi connectivity index (χ1v) is 4.80. The molecular weight excluding hydrogens is 179 g/mol. The summed E-state index contributed by atoms with van der Waals surface area (Å²) in [5.41, 5.74) is 1.64. The minimum atomic E-state index is -0.995. The standard InChI is InChI=1S/C12H17FO/c1-12(2,3)10-7-5-4-6-9(10)11(14)8-13/h4-7,11,14H,8H2,1-3H3. The van der Waals surface area contributed by atoms with E-state index in [1.165, 1.54) is 0 Å². The average Bonchev–Trinajstić information content (AvgIpc) is 2.15. The van der Waals surface area contributed by atoms with Crippen molar-refractivity contribution >= 4 is 0 Å². The van der Waals surface area contributed by atoms with Crippen molar-refractivity contribution in [3.8, 4) is 0 Å². The van der Waals surface area contributed by atoms with Crippen LogP contribution < -0.4 is 0 Å². The molecule has 0 amide bonds. The van der Waals surface area contributed by atoms with Crippen LogP contribution in [0.15, 0.2) is 24.3 Å². The van der Waals surface area contributed by atoms with Crippen LogP contribution in [0.4, 0.5) is 4.39 Å². The molecule has 0 saturated carbocycles. The van der Waals surface area contributed by atoms with Gasteiger partial charge in [-0.15, -0.1) is 0 Å². The number of rotatable bonds is 2. The van der Waals surface area contributed by atoms with Crippen molar-refractivity contribution in [2.45, 2.75) is 32.3 Å². The first-order valence-electron chi connectivity index (χ1n) is 4.80. The normalized spacial score (nSPS) is 14.1. The Hall–Kier alpha value is -0.890. The second-order valence-corrected chi connectivity index (χ2v) is 4.51. The van der Waals surface area contributed by atoms with Crippen molar-refractivity contribution in [3.05, 3.63) is 35.4 Å². The Balaban J connectivity index is 3.16. The van der Waals surface area contributed by atoms with Crippen LogP contribution in [-0.4, -0.2) is 11.8 Å². The molecule has 1 nitrogen and oxygen atoms in total. The van der Waals surface area contributed by atoms with Gasteiger partial charge in [0.2, 0.25) is 0 Å². The molecule has 1 aromatic carbocycles. The molecule has 0 saturated heterocycles. The average molecular weight is 196 g/mol. The molecule has 1 aromatic rings. The van der Waals surface area contributed by atoms with Crippen molar-refractivity contribution < 1.29 is 9.50 Å². The second kappa shape index (κ2) is 4.09. The molecule has 1 unspecified atom stereocenters. The quantitative estimate of drug-likeness (QED) is 0.771. The van der Waals surface area contributed by atoms with Crippen LogP contribution in [0.25, 0.3) is 0 Å². The van der Waals surface area contributed by atoms with Crippen molar-refractivity contribution in [1.29, 1.82) is 0 Å². The highest BCUT2D eigenvalue weighted by Gasteiger charge is 2.20. The molecule has 0 aliphatic rings. The van der Waals surface area contributed by atoms with E-state index >= 15 is 0 Å². The lowest BCUT2D eigenvalue weighted by molar-refractivity contribution is 0.140. The molecule has 0 fully saturated rings. The number of hydrogen-bond acceptors (Lipinski definition) is 1. The van der Waals surface area contributed by atoms with Crippen molar-refractivity contribution in [3.63, 3.8) is 0 Å². The van der Waals surface area contributed by atoms with E-state index in [0.717, 1.165) is 5.56 Å². The summed E-state index contributed by atoms with van der Waals surface area (Å²) in [6, 6.07) is 7.46. The Morgan fingerprint density at radius 2 is 1.86 bits per heavy atom. The predicted octanol–water partition coefficient (Wildman–Crippen LogP) is 2.99. The van der Waals surface area contributed by atoms with E-state index in [-0.39, 0.29) is 5.41 Å². The third-order valence-electron chi connectivity index (χ3n) is 2.27. The van der Waals surface area contributed by atoms with Crippen LogP contribution in [0.3, 0.4) is 0 Å². The minimum absolute atomic E-state index is 0.0628. The largest absolute Gasteiger partial charge is 0.386 e. The van der Waals surface area contributed by atoms with Gasteiger partial charge in [0.15, 0.2) is 0 Å². The fourth-order valence-corrected chi connectivity index (χ4v) is 1.55. The molecule has 0 aliphatic heterocycles. The Bertz CT molecular complexity index is 301. The lowest BCUT2D eigenvalue weighted by Gasteiger charge is -2.24. The smallest absolute Gasteiger partial charge is 0.119 e. The van der Waals surface area contributed by atoms with Gasteiger partial charge in [0.05, 0.1) is 0 Å². The summed E-state index contributed by atoms with van der Waals surface area (Å²) in [7, 11) is 0. The minimum Gasteiger partial charge on any atom is -0.386 e. The summed E-state index contributed by atoms with van der Waals surface area (Å²) in [5.74, 6) is 0. The van der Waals surface area contributed by atoms with Crippen LogP contribution in [0.2, 0.25) is 0 Å². The maximum Gasteiger partial charge on any atom is 0.119 e. The maximum absolute atomic E-state index is 12.4. The number of aliphatic hydroxyl groups excluding tert-OH is 1. The fraction of sp³-hybridized carbons (Fsp3) is 0.500. The number of aliphatic hydroxyl groups is 1. The molecule has 14 heavy (non-hydrogen) atoms. The van der Waals surface area contributed by atoms with Crippen molar-refractivity contribution in [2.24, 2.45) is 0 Å². The van der Waals surface area contributed by atoms with Gasteiger partial charge < -0.3 is 5.11 Å². The van der Waals surface area contributed by atoms with Gasteiger partial charge in [-0.1, -0.05) is 45.0 Å². The summed E-state index contributed by atoms with van der Waals surface area (Å²) in [6.07, 6.45) is -0.995. The highest BCUT2D eigenvalue weighted by Crippen LogP contribution is 2.29. The molecule has 1 rings (SSSR count). The molecule has 0 radical (unpaired) electrons. The lowest BCUT2D eigenvalue weighted by Crippen LogP contribution is -2.16. The third-order valence-corrected chi connectivity index (χ3v) is 2.27. The summed E-state index contributed by atoms with van der Waals surface area (Å²) in [5, 5.41) is 9.50. The molecule has 0 spiro atoms. The Morgan fingerprint density at radius 1 is 1.29 bits per heavy atom. The summed E-state index contributed by atoms with van der Waals surface area (Å²) < 4.78 is 12.4. The molecule has 0 aliphatic carbocycles. The van der Waals surface area contributed by atoms with Gasteiger partial charge in [-0.25, -0.2) is 4.39 Å². The fourth-order valence-electron chi connectivity index (χ4n) is 1.55. The van der Waals surface area contributed by atoms with Crippen LogP contribution in [0, 0.1) is 0 Å². The zero-order valence-electron chi connectivity index (χ0n) is 8.92. The van der Waals surface area contributed by atoms with Crippen molar-refractivity contribution in [1.82, 2.24) is 0 Å². The van der Waals surface area contributed by atoms with Gasteiger partial charge in [0.1, 0.15) is 12.8 Å². The number of halogens is 1. The molecule has 0 aromatic heterocycles. The molecule has 2 heteroatoms. The monoisotopic (exact) mass is 196 g/mol. The second-order valence-electron chi connectivity index (χ2n) is 4.51. The third kappa shape index (κ3) is 2.32. The van der Waals surface area contributed by atoms with Gasteiger partial charge in [-0.3, -0.25) is 0 Å². The highest BCUT2D eigenvalue weighted by atomic mass is 19.1. The van der Waals surface area contributed by atoms with Gasteiger partial charge in [0, 0.05) is 0 Å². The molecule has 0 bridgehead atoms. The van der Waals surface area contributed by atoms with Crippen LogP contribution in [0.5, 0.6) is 0 Å². The van der Waals surface area contributed by atoms with Crippen LogP contribution in [-0.2, 0) is 5.41 Å². The zero-order chi connectivity index (χ0) is 10.8. The van der Waals surface area contributed by atoms with E-state index in [4.69, 9.17) is 0 Å². The molecular formula is C12H17FO. The first kappa shape index (κ1) is 11.2. The van der Waals surface area contributed by atoms with E-state index in [9.17, 15) is 9.50 Å². The van der Waals surface area contributed by atoms with Gasteiger partial charge in [-0.05, 0) is 16.5 Å². The first-order chi connectivity index (χ1) is 6.46. The SMILES string of the molecule is CC(C)(C)c1ccccc1C(O)CF. The molecule has 78 valence electrons. The molecule has 1 N–H and O–H groups in total. The molecule has 0 heterocycles. The van der Waals surface area contributed by atoms with E-state index in [2.05, 4.69) is 20.8 Å². The van der Waals surface area contributed by atoms with Gasteiger partial charge in [-0.2, -0.15) is 0 Å². The maximum atomic E-state index is 12.4. The van der Waals surface area contributed by atoms with E-state index < -0.39 is 12.8 Å². The predicted molar refractivity (Wildman–Crippen MR) is 56.1 cm³/mol. The van der Waals surface area contributed by atoms with E-state index in [0.29, 0.717) is 5.56 Å². The van der Waals surface area contributed by atoms with Gasteiger partial charge >= 0.3 is 0 Å². The molecule has 1 atom stereocenters. The number of benzene rings is 1. The summed E-state index contributed by atoms with van der Waals surface area (Å²) >= 11 is 0. The summed E-state index contributed by atoms with van der Waals surface area (Å²) in [4.78, 5) is 0. The van der Waals surface area contributed by atoms with Gasteiger partial charge in [0.25, 0.3) is 0 Å². The van der Waals surface area contributed by atoms with Crippen molar-refractivity contribution in [2.75, 3.05) is 6.67 Å². The zero-order valence-corrected chi connectivity index (χ0v) is 8.92. The lowest BCUT2D eigenvalue weighted by atomic mass is 9.82. The Kier molecular flexibility index (Phi) is 3.27. The highest BCUT2D eigenvalue weighted by molar-refractivity contribution is 5.34.